The van der Waals surface area contributed by atoms with E-state index in [1.54, 1.807) is 13.0 Å². The van der Waals surface area contributed by atoms with E-state index < -0.39 is 11.9 Å². The van der Waals surface area contributed by atoms with Gasteiger partial charge in [0, 0.05) is 25.4 Å². The van der Waals surface area contributed by atoms with Gasteiger partial charge in [0.25, 0.3) is 0 Å². The molecule has 8 heteroatoms. The molecule has 1 aromatic rings. The molecule has 0 unspecified atom stereocenters. The minimum absolute atomic E-state index is 0.00822. The van der Waals surface area contributed by atoms with Crippen LogP contribution in [0.4, 0.5) is 13.2 Å². The minimum Gasteiger partial charge on any atom is -0.393 e. The summed E-state index contributed by atoms with van der Waals surface area (Å²) < 4.78 is 37.9. The maximum Gasteiger partial charge on any atom is 0.433 e. The van der Waals surface area contributed by atoms with E-state index >= 15 is 0 Å². The van der Waals surface area contributed by atoms with Gasteiger partial charge in [-0.2, -0.15) is 18.3 Å². The van der Waals surface area contributed by atoms with Crippen molar-refractivity contribution in [2.24, 2.45) is 5.73 Å². The highest BCUT2D eigenvalue weighted by Crippen LogP contribution is 2.27. The van der Waals surface area contributed by atoms with Gasteiger partial charge in [0.05, 0.1) is 11.4 Å². The molecule has 1 heterocycles. The molecule has 1 rings (SSSR count). The molecular weight excluding hydrogens is 259 g/mol. The fourth-order valence-electron chi connectivity index (χ4n) is 1.46. The van der Waals surface area contributed by atoms with E-state index in [9.17, 15) is 13.2 Å². The smallest absolute Gasteiger partial charge is 0.393 e. The maximum atomic E-state index is 12.6. The standard InChI is InChI=1S/C11H14F3N5/c1-6-3-7(4-15)18-19-9(6)8(5-17-2)10(16)11(12,13)14/h3,5,16-17H,4,15H2,1-2H3/b8-5-,16-10?. The zero-order chi connectivity index (χ0) is 14.6. The topological polar surface area (TPSA) is 87.7 Å². The van der Waals surface area contributed by atoms with Gasteiger partial charge in [-0.1, -0.05) is 0 Å². The van der Waals surface area contributed by atoms with Crippen LogP contribution in [-0.2, 0) is 6.54 Å². The molecule has 0 bridgehead atoms. The van der Waals surface area contributed by atoms with Crippen molar-refractivity contribution < 1.29 is 13.2 Å². The number of hydrogen-bond donors (Lipinski definition) is 3. The highest BCUT2D eigenvalue weighted by Gasteiger charge is 2.38. The van der Waals surface area contributed by atoms with Crippen molar-refractivity contribution in [3.05, 3.63) is 29.2 Å². The summed E-state index contributed by atoms with van der Waals surface area (Å²) in [5.74, 6) is 0. The molecule has 1 aromatic heterocycles. The van der Waals surface area contributed by atoms with Gasteiger partial charge in [-0.15, -0.1) is 5.10 Å². The summed E-state index contributed by atoms with van der Waals surface area (Å²) >= 11 is 0. The third kappa shape index (κ3) is 3.50. The SMILES string of the molecule is CN/C=C(\C(=N)C(F)(F)F)c1nnc(CN)cc1C. The average molecular weight is 273 g/mol. The molecule has 0 saturated carbocycles. The number of halogens is 3. The van der Waals surface area contributed by atoms with Crippen molar-refractivity contribution >= 4 is 11.3 Å². The van der Waals surface area contributed by atoms with Crippen LogP contribution < -0.4 is 11.1 Å². The molecule has 0 aromatic carbocycles. The summed E-state index contributed by atoms with van der Waals surface area (Å²) in [5, 5.41) is 17.1. The van der Waals surface area contributed by atoms with E-state index in [4.69, 9.17) is 11.1 Å². The predicted molar refractivity (Wildman–Crippen MR) is 65.5 cm³/mol. The largest absolute Gasteiger partial charge is 0.433 e. The first-order valence-corrected chi connectivity index (χ1v) is 5.38. The van der Waals surface area contributed by atoms with Crippen LogP contribution in [-0.4, -0.2) is 29.1 Å². The summed E-state index contributed by atoms with van der Waals surface area (Å²) in [5.41, 5.74) is 4.51. The van der Waals surface area contributed by atoms with Crippen LogP contribution in [0.5, 0.6) is 0 Å². The van der Waals surface area contributed by atoms with E-state index in [-0.39, 0.29) is 17.8 Å². The Hall–Kier alpha value is -1.96. The third-order valence-corrected chi connectivity index (χ3v) is 2.34. The number of nitrogens with one attached hydrogen (secondary N) is 2. The molecule has 0 aliphatic carbocycles. The first-order valence-electron chi connectivity index (χ1n) is 5.38. The van der Waals surface area contributed by atoms with Crippen molar-refractivity contribution in [3.63, 3.8) is 0 Å². The molecule has 104 valence electrons. The van der Waals surface area contributed by atoms with Gasteiger partial charge in [-0.25, -0.2) is 0 Å². The maximum absolute atomic E-state index is 12.6. The predicted octanol–water partition coefficient (Wildman–Crippen LogP) is 1.39. The molecule has 0 amide bonds. The average Bonchev–Trinajstić information content (AvgIpc) is 2.34. The fraction of sp³-hybridized carbons (Fsp3) is 0.364. The molecule has 0 radical (unpaired) electrons. The lowest BCUT2D eigenvalue weighted by molar-refractivity contribution is -0.0578. The molecule has 0 aliphatic rings. The van der Waals surface area contributed by atoms with Crippen molar-refractivity contribution in [1.29, 1.82) is 5.41 Å². The summed E-state index contributed by atoms with van der Waals surface area (Å²) in [6.45, 7) is 1.74. The Bertz CT molecular complexity index is 508. The lowest BCUT2D eigenvalue weighted by atomic mass is 10.0. The quantitative estimate of drug-likeness (QED) is 0.723. The van der Waals surface area contributed by atoms with Crippen molar-refractivity contribution in [3.8, 4) is 0 Å². The Morgan fingerprint density at radius 1 is 1.47 bits per heavy atom. The van der Waals surface area contributed by atoms with Gasteiger partial charge in [-0.3, -0.25) is 5.41 Å². The molecule has 0 spiro atoms. The van der Waals surface area contributed by atoms with E-state index in [1.807, 2.05) is 0 Å². The summed E-state index contributed by atoms with van der Waals surface area (Å²) in [4.78, 5) is 0. The van der Waals surface area contributed by atoms with Gasteiger partial charge >= 0.3 is 6.18 Å². The second kappa shape index (κ2) is 5.79. The second-order valence-corrected chi connectivity index (χ2v) is 3.79. The van der Waals surface area contributed by atoms with Gasteiger partial charge < -0.3 is 11.1 Å². The van der Waals surface area contributed by atoms with Crippen LogP contribution in [0.2, 0.25) is 0 Å². The first-order chi connectivity index (χ1) is 8.81. The zero-order valence-corrected chi connectivity index (χ0v) is 10.5. The van der Waals surface area contributed by atoms with Gasteiger partial charge in [0.2, 0.25) is 0 Å². The molecule has 0 aliphatic heterocycles. The molecule has 0 saturated heterocycles. The number of aromatic nitrogens is 2. The van der Waals surface area contributed by atoms with Crippen LogP contribution in [0.1, 0.15) is 17.0 Å². The van der Waals surface area contributed by atoms with E-state index in [1.165, 1.54) is 7.05 Å². The highest BCUT2D eigenvalue weighted by atomic mass is 19.4. The lowest BCUT2D eigenvalue weighted by Gasteiger charge is -2.13. The third-order valence-electron chi connectivity index (χ3n) is 2.34. The minimum atomic E-state index is -4.75. The summed E-state index contributed by atoms with van der Waals surface area (Å²) in [6.07, 6.45) is -3.67. The van der Waals surface area contributed by atoms with E-state index in [0.717, 1.165) is 6.20 Å². The fourth-order valence-corrected chi connectivity index (χ4v) is 1.46. The lowest BCUT2D eigenvalue weighted by Crippen LogP contribution is -2.25. The van der Waals surface area contributed by atoms with Crippen molar-refractivity contribution in [2.45, 2.75) is 19.6 Å². The number of nitrogens with zero attached hydrogens (tertiary/aromatic N) is 2. The summed E-state index contributed by atoms with van der Waals surface area (Å²) in [6, 6.07) is 1.55. The highest BCUT2D eigenvalue weighted by molar-refractivity contribution is 6.24. The normalized spacial score (nSPS) is 12.4. The van der Waals surface area contributed by atoms with Crippen LogP contribution in [0, 0.1) is 12.3 Å². The Morgan fingerprint density at radius 3 is 2.53 bits per heavy atom. The zero-order valence-electron chi connectivity index (χ0n) is 10.5. The molecule has 4 N–H and O–H groups in total. The molecule has 5 nitrogen and oxygen atoms in total. The molecular formula is C11H14F3N5. The Labute approximate surface area is 108 Å². The number of hydrogen-bond acceptors (Lipinski definition) is 5. The number of aryl methyl sites for hydroxylation is 1. The molecule has 0 fully saturated rings. The van der Waals surface area contributed by atoms with Gasteiger partial charge in [0.1, 0.15) is 5.71 Å². The number of rotatable bonds is 4. The Balaban J connectivity index is 3.29. The van der Waals surface area contributed by atoms with Crippen LogP contribution >= 0.6 is 0 Å². The first kappa shape index (κ1) is 15.1. The monoisotopic (exact) mass is 273 g/mol. The second-order valence-electron chi connectivity index (χ2n) is 3.79. The number of allylic oxidation sites excluding steroid dienone is 1. The van der Waals surface area contributed by atoms with E-state index in [2.05, 4.69) is 15.5 Å². The Kier molecular flexibility index (Phi) is 4.60. The van der Waals surface area contributed by atoms with Crippen molar-refractivity contribution in [2.75, 3.05) is 7.05 Å². The summed E-state index contributed by atoms with van der Waals surface area (Å²) in [7, 11) is 1.45. The van der Waals surface area contributed by atoms with Crippen LogP contribution in [0.25, 0.3) is 5.57 Å². The number of nitrogens with two attached hydrogens (primary N) is 1. The van der Waals surface area contributed by atoms with Crippen molar-refractivity contribution in [1.82, 2.24) is 15.5 Å². The Morgan fingerprint density at radius 2 is 2.11 bits per heavy atom. The van der Waals surface area contributed by atoms with Gasteiger partial charge in [0.15, 0.2) is 0 Å². The van der Waals surface area contributed by atoms with E-state index in [0.29, 0.717) is 11.3 Å². The van der Waals surface area contributed by atoms with Gasteiger partial charge in [-0.05, 0) is 18.6 Å². The molecule has 0 atom stereocenters. The number of alkyl halides is 3. The van der Waals surface area contributed by atoms with Crippen LogP contribution in [0.3, 0.4) is 0 Å². The van der Waals surface area contributed by atoms with Crippen LogP contribution in [0.15, 0.2) is 12.3 Å². The molecule has 19 heavy (non-hydrogen) atoms.